The molecule has 0 radical (unpaired) electrons. The highest BCUT2D eigenvalue weighted by Gasteiger charge is 2.20. The third-order valence-electron chi connectivity index (χ3n) is 1.78. The van der Waals surface area contributed by atoms with Gasteiger partial charge < -0.3 is 5.73 Å². The van der Waals surface area contributed by atoms with Crippen molar-refractivity contribution in [1.82, 2.24) is 0 Å². The van der Waals surface area contributed by atoms with Crippen LogP contribution in [0.4, 0.5) is 0 Å². The van der Waals surface area contributed by atoms with E-state index in [1.165, 1.54) is 12.8 Å². The van der Waals surface area contributed by atoms with Crippen molar-refractivity contribution >= 4 is 11.8 Å². The van der Waals surface area contributed by atoms with Gasteiger partial charge in [-0.2, -0.15) is 0 Å². The molecule has 0 aromatic heterocycles. The van der Waals surface area contributed by atoms with Gasteiger partial charge in [0.25, 0.3) is 0 Å². The van der Waals surface area contributed by atoms with Crippen molar-refractivity contribution in [2.45, 2.75) is 37.3 Å². The van der Waals surface area contributed by atoms with Gasteiger partial charge in [0.15, 0.2) is 0 Å². The Bertz CT molecular complexity index is 69.9. The van der Waals surface area contributed by atoms with Crippen LogP contribution in [-0.2, 0) is 0 Å². The van der Waals surface area contributed by atoms with Crippen molar-refractivity contribution in [1.29, 1.82) is 0 Å². The second-order valence-electron chi connectivity index (χ2n) is 3.06. The topological polar surface area (TPSA) is 26.0 Å². The summed E-state index contributed by atoms with van der Waals surface area (Å²) in [5.74, 6) is 0.844. The Kier molecular flexibility index (Phi) is 2.42. The summed E-state index contributed by atoms with van der Waals surface area (Å²) < 4.78 is 0. The second kappa shape index (κ2) is 2.93. The van der Waals surface area contributed by atoms with E-state index in [1.54, 1.807) is 0 Å². The van der Waals surface area contributed by atoms with Crippen LogP contribution in [-0.4, -0.2) is 10.6 Å². The predicted molar refractivity (Wildman–Crippen MR) is 43.4 cm³/mol. The highest BCUT2D eigenvalue weighted by molar-refractivity contribution is 8.00. The number of nitrogens with two attached hydrogens (primary N) is 1. The van der Waals surface area contributed by atoms with Crippen LogP contribution in [0, 0.1) is 5.92 Å². The molecule has 1 aliphatic rings. The maximum atomic E-state index is 5.78. The molecule has 1 fully saturated rings. The maximum Gasteiger partial charge on any atom is 0.0512 e. The lowest BCUT2D eigenvalue weighted by molar-refractivity contribution is 0.466. The third-order valence-corrected chi connectivity index (χ3v) is 2.98. The minimum absolute atomic E-state index is 0.406. The van der Waals surface area contributed by atoms with Gasteiger partial charge in [-0.15, -0.1) is 11.8 Å². The standard InChI is InChI=1S/C7H15NS/c1-5-3-6(2)9-7(8)4-5/h5-7H,3-4,8H2,1-2H3. The fourth-order valence-electron chi connectivity index (χ4n) is 1.47. The first kappa shape index (κ1) is 7.42. The van der Waals surface area contributed by atoms with Crippen LogP contribution < -0.4 is 5.73 Å². The van der Waals surface area contributed by atoms with Gasteiger partial charge in [-0.1, -0.05) is 13.8 Å². The van der Waals surface area contributed by atoms with E-state index in [4.69, 9.17) is 5.73 Å². The van der Waals surface area contributed by atoms with E-state index in [1.807, 2.05) is 11.8 Å². The van der Waals surface area contributed by atoms with Crippen LogP contribution >= 0.6 is 11.8 Å². The van der Waals surface area contributed by atoms with E-state index in [0.29, 0.717) is 5.37 Å². The lowest BCUT2D eigenvalue weighted by Crippen LogP contribution is -2.27. The van der Waals surface area contributed by atoms with Crippen LogP contribution in [0.25, 0.3) is 0 Å². The van der Waals surface area contributed by atoms with Crippen LogP contribution in [0.3, 0.4) is 0 Å². The first-order valence-corrected chi connectivity index (χ1v) is 4.54. The molecular formula is C7H15NS. The van der Waals surface area contributed by atoms with E-state index in [2.05, 4.69) is 13.8 Å². The largest absolute Gasteiger partial charge is 0.319 e. The predicted octanol–water partition coefficient (Wildman–Crippen LogP) is 1.82. The van der Waals surface area contributed by atoms with Crippen molar-refractivity contribution in [3.05, 3.63) is 0 Å². The van der Waals surface area contributed by atoms with Crippen LogP contribution in [0.5, 0.6) is 0 Å². The van der Waals surface area contributed by atoms with Crippen LogP contribution in [0.2, 0.25) is 0 Å². The third kappa shape index (κ3) is 2.18. The lowest BCUT2D eigenvalue weighted by atomic mass is 10.0. The summed E-state index contributed by atoms with van der Waals surface area (Å²) in [4.78, 5) is 0. The highest BCUT2D eigenvalue weighted by atomic mass is 32.2. The Labute approximate surface area is 61.4 Å². The van der Waals surface area contributed by atoms with Crippen LogP contribution in [0.15, 0.2) is 0 Å². The van der Waals surface area contributed by atoms with Gasteiger partial charge in [0, 0.05) is 5.25 Å². The van der Waals surface area contributed by atoms with Gasteiger partial charge in [0.05, 0.1) is 5.37 Å². The first-order chi connectivity index (χ1) is 4.18. The SMILES string of the molecule is CC1CC(C)SC(N)C1. The summed E-state index contributed by atoms with van der Waals surface area (Å²) in [5.41, 5.74) is 5.78. The first-order valence-electron chi connectivity index (χ1n) is 3.59. The highest BCUT2D eigenvalue weighted by Crippen LogP contribution is 2.31. The molecule has 0 aromatic rings. The molecule has 1 heterocycles. The Hall–Kier alpha value is 0.310. The molecule has 0 amide bonds. The van der Waals surface area contributed by atoms with Gasteiger partial charge in [0.1, 0.15) is 0 Å². The van der Waals surface area contributed by atoms with Crippen molar-refractivity contribution in [3.8, 4) is 0 Å². The molecule has 2 heteroatoms. The number of hydrogen-bond donors (Lipinski definition) is 1. The molecule has 0 saturated carbocycles. The molecule has 0 aliphatic carbocycles. The van der Waals surface area contributed by atoms with Crippen molar-refractivity contribution < 1.29 is 0 Å². The van der Waals surface area contributed by atoms with Gasteiger partial charge in [-0.25, -0.2) is 0 Å². The molecule has 3 unspecified atom stereocenters. The van der Waals surface area contributed by atoms with Crippen LogP contribution in [0.1, 0.15) is 26.7 Å². The molecule has 1 saturated heterocycles. The Morgan fingerprint density at radius 1 is 1.33 bits per heavy atom. The fourth-order valence-corrected chi connectivity index (χ4v) is 2.95. The van der Waals surface area contributed by atoms with Gasteiger partial charge >= 0.3 is 0 Å². The molecule has 0 spiro atoms. The molecule has 1 rings (SSSR count). The monoisotopic (exact) mass is 145 g/mol. The molecule has 54 valence electrons. The molecule has 1 aliphatic heterocycles. The normalized spacial score (nSPS) is 45.0. The van der Waals surface area contributed by atoms with Gasteiger partial charge in [0.2, 0.25) is 0 Å². The Morgan fingerprint density at radius 2 is 2.00 bits per heavy atom. The molecular weight excluding hydrogens is 130 g/mol. The lowest BCUT2D eigenvalue weighted by Gasteiger charge is -2.28. The van der Waals surface area contributed by atoms with E-state index >= 15 is 0 Å². The molecule has 0 bridgehead atoms. The molecule has 1 nitrogen and oxygen atoms in total. The summed E-state index contributed by atoms with van der Waals surface area (Å²) >= 11 is 1.92. The summed E-state index contributed by atoms with van der Waals surface area (Å²) in [6.45, 7) is 4.55. The molecule has 9 heavy (non-hydrogen) atoms. The van der Waals surface area contributed by atoms with Crippen molar-refractivity contribution in [3.63, 3.8) is 0 Å². The molecule has 0 aromatic carbocycles. The minimum atomic E-state index is 0.406. The summed E-state index contributed by atoms with van der Waals surface area (Å²) in [7, 11) is 0. The summed E-state index contributed by atoms with van der Waals surface area (Å²) in [5, 5.41) is 1.19. The van der Waals surface area contributed by atoms with Gasteiger partial charge in [-0.05, 0) is 18.8 Å². The van der Waals surface area contributed by atoms with E-state index in [9.17, 15) is 0 Å². The zero-order valence-electron chi connectivity index (χ0n) is 6.13. The summed E-state index contributed by atoms with van der Waals surface area (Å²) in [6, 6.07) is 0. The Balaban J connectivity index is 2.34. The zero-order valence-corrected chi connectivity index (χ0v) is 6.95. The fraction of sp³-hybridized carbons (Fsp3) is 1.00. The average molecular weight is 145 g/mol. The van der Waals surface area contributed by atoms with Gasteiger partial charge in [-0.3, -0.25) is 0 Å². The Morgan fingerprint density at radius 3 is 2.44 bits per heavy atom. The maximum absolute atomic E-state index is 5.78. The number of thioether (sulfide) groups is 1. The number of rotatable bonds is 0. The molecule has 2 N–H and O–H groups in total. The smallest absolute Gasteiger partial charge is 0.0512 e. The van der Waals surface area contributed by atoms with Crippen molar-refractivity contribution in [2.75, 3.05) is 0 Å². The van der Waals surface area contributed by atoms with E-state index in [0.717, 1.165) is 11.2 Å². The number of hydrogen-bond acceptors (Lipinski definition) is 2. The minimum Gasteiger partial charge on any atom is -0.319 e. The van der Waals surface area contributed by atoms with E-state index < -0.39 is 0 Å². The molecule has 3 atom stereocenters. The quantitative estimate of drug-likeness (QED) is 0.562. The summed E-state index contributed by atoms with van der Waals surface area (Å²) in [6.07, 6.45) is 2.55. The zero-order chi connectivity index (χ0) is 6.85. The van der Waals surface area contributed by atoms with E-state index in [-0.39, 0.29) is 0 Å². The average Bonchev–Trinajstić information content (AvgIpc) is 1.59. The second-order valence-corrected chi connectivity index (χ2v) is 4.74. The van der Waals surface area contributed by atoms with Crippen molar-refractivity contribution in [2.24, 2.45) is 11.7 Å².